The molecule has 1 aliphatic heterocycles. The Kier molecular flexibility index (Phi) is 4.01. The molecule has 0 bridgehead atoms. The first-order chi connectivity index (χ1) is 9.74. The van der Waals surface area contributed by atoms with Crippen LogP contribution in [0.1, 0.15) is 42.5 Å². The number of hydrogen-bond acceptors (Lipinski definition) is 3. The van der Waals surface area contributed by atoms with E-state index in [9.17, 15) is 4.79 Å². The predicted molar refractivity (Wildman–Crippen MR) is 76.5 cm³/mol. The lowest BCUT2D eigenvalue weighted by Gasteiger charge is -2.21. The molecule has 1 heterocycles. The summed E-state index contributed by atoms with van der Waals surface area (Å²) in [6.45, 7) is 0.896. The minimum atomic E-state index is -0.101. The molecule has 1 N–H and O–H groups in total. The average molecular weight is 296 g/mol. The van der Waals surface area contributed by atoms with Crippen LogP contribution in [-0.4, -0.2) is 19.2 Å². The van der Waals surface area contributed by atoms with Gasteiger partial charge in [0.25, 0.3) is 5.91 Å². The van der Waals surface area contributed by atoms with Crippen LogP contribution in [0.5, 0.6) is 11.5 Å². The van der Waals surface area contributed by atoms with Gasteiger partial charge in [-0.15, -0.1) is 0 Å². The van der Waals surface area contributed by atoms with Crippen molar-refractivity contribution < 1.29 is 14.3 Å². The second kappa shape index (κ2) is 5.92. The van der Waals surface area contributed by atoms with Crippen molar-refractivity contribution in [2.75, 3.05) is 13.3 Å². The molecule has 20 heavy (non-hydrogen) atoms. The maximum absolute atomic E-state index is 12.2. The molecule has 0 saturated heterocycles. The smallest absolute Gasteiger partial charge is 0.251 e. The highest BCUT2D eigenvalue weighted by molar-refractivity contribution is 6.32. The Morgan fingerprint density at radius 2 is 2.05 bits per heavy atom. The summed E-state index contributed by atoms with van der Waals surface area (Å²) in [6, 6.07) is 3.32. The van der Waals surface area contributed by atoms with Crippen molar-refractivity contribution in [2.45, 2.75) is 32.1 Å². The van der Waals surface area contributed by atoms with E-state index in [1.54, 1.807) is 12.1 Å². The van der Waals surface area contributed by atoms with E-state index >= 15 is 0 Å². The zero-order chi connectivity index (χ0) is 13.9. The monoisotopic (exact) mass is 295 g/mol. The van der Waals surface area contributed by atoms with E-state index in [0.29, 0.717) is 28.0 Å². The minimum absolute atomic E-state index is 0.101. The van der Waals surface area contributed by atoms with E-state index < -0.39 is 0 Å². The van der Waals surface area contributed by atoms with Gasteiger partial charge in [-0.2, -0.15) is 0 Å². The van der Waals surface area contributed by atoms with Crippen molar-refractivity contribution in [3.8, 4) is 11.5 Å². The van der Waals surface area contributed by atoms with E-state index in [0.717, 1.165) is 6.54 Å². The number of halogens is 1. The van der Waals surface area contributed by atoms with Gasteiger partial charge in [0.05, 0.1) is 5.02 Å². The maximum Gasteiger partial charge on any atom is 0.251 e. The van der Waals surface area contributed by atoms with Crippen molar-refractivity contribution in [1.82, 2.24) is 5.32 Å². The quantitative estimate of drug-likeness (QED) is 0.930. The van der Waals surface area contributed by atoms with E-state index in [4.69, 9.17) is 21.1 Å². The Morgan fingerprint density at radius 3 is 2.85 bits per heavy atom. The molecule has 1 aliphatic carbocycles. The normalized spacial score (nSPS) is 18.1. The van der Waals surface area contributed by atoms with E-state index in [-0.39, 0.29) is 12.7 Å². The van der Waals surface area contributed by atoms with Crippen LogP contribution in [0.2, 0.25) is 5.02 Å². The van der Waals surface area contributed by atoms with Crippen LogP contribution < -0.4 is 14.8 Å². The van der Waals surface area contributed by atoms with Gasteiger partial charge in [0.1, 0.15) is 0 Å². The Labute approximate surface area is 123 Å². The molecule has 0 spiro atoms. The van der Waals surface area contributed by atoms with Crippen molar-refractivity contribution in [3.05, 3.63) is 22.7 Å². The van der Waals surface area contributed by atoms with E-state index in [1.807, 2.05) is 0 Å². The van der Waals surface area contributed by atoms with Crippen molar-refractivity contribution >= 4 is 17.5 Å². The van der Waals surface area contributed by atoms with E-state index in [1.165, 1.54) is 32.1 Å². The summed E-state index contributed by atoms with van der Waals surface area (Å²) in [5.41, 5.74) is 0.523. The van der Waals surface area contributed by atoms with Gasteiger partial charge in [0, 0.05) is 12.1 Å². The number of fused-ring (bicyclic) bond motifs is 1. The third-order valence-electron chi connectivity index (χ3n) is 3.97. The van der Waals surface area contributed by atoms with Crippen molar-refractivity contribution in [3.63, 3.8) is 0 Å². The lowest BCUT2D eigenvalue weighted by molar-refractivity contribution is 0.0943. The van der Waals surface area contributed by atoms with Gasteiger partial charge in [0.15, 0.2) is 11.5 Å². The first kappa shape index (κ1) is 13.6. The molecule has 1 saturated carbocycles. The fourth-order valence-electron chi connectivity index (χ4n) is 2.83. The van der Waals surface area contributed by atoms with Crippen molar-refractivity contribution in [1.29, 1.82) is 0 Å². The van der Waals surface area contributed by atoms with Crippen LogP contribution in [0, 0.1) is 5.92 Å². The lowest BCUT2D eigenvalue weighted by atomic mass is 9.89. The van der Waals surface area contributed by atoms with Gasteiger partial charge in [-0.05, 0) is 30.9 Å². The molecule has 1 aromatic rings. The summed E-state index contributed by atoms with van der Waals surface area (Å²) >= 11 is 6.08. The Hall–Kier alpha value is -1.42. The third kappa shape index (κ3) is 2.85. The summed E-state index contributed by atoms with van der Waals surface area (Å²) in [4.78, 5) is 12.2. The number of nitrogens with one attached hydrogen (secondary N) is 1. The Morgan fingerprint density at radius 1 is 1.25 bits per heavy atom. The van der Waals surface area contributed by atoms with Crippen LogP contribution in [0.4, 0.5) is 0 Å². The standard InChI is InChI=1S/C15H18ClNO3/c16-12-6-11(7-13-14(12)20-9-19-13)15(18)17-8-10-4-2-1-3-5-10/h6-7,10H,1-5,8-9H2,(H,17,18). The first-order valence-corrected chi connectivity index (χ1v) is 7.49. The van der Waals surface area contributed by atoms with Crippen LogP contribution >= 0.6 is 11.6 Å². The minimum Gasteiger partial charge on any atom is -0.454 e. The molecule has 108 valence electrons. The summed E-state index contributed by atoms with van der Waals surface area (Å²) in [5, 5.41) is 3.41. The molecule has 1 amide bonds. The van der Waals surface area contributed by atoms with Gasteiger partial charge < -0.3 is 14.8 Å². The van der Waals surface area contributed by atoms with Crippen LogP contribution in [0.25, 0.3) is 0 Å². The molecule has 5 heteroatoms. The summed E-state index contributed by atoms with van der Waals surface area (Å²) in [7, 11) is 0. The molecule has 0 aromatic heterocycles. The first-order valence-electron chi connectivity index (χ1n) is 7.11. The number of amides is 1. The largest absolute Gasteiger partial charge is 0.454 e. The second-order valence-corrected chi connectivity index (χ2v) is 5.81. The number of carbonyl (C=O) groups is 1. The lowest BCUT2D eigenvalue weighted by Crippen LogP contribution is -2.30. The molecule has 1 fully saturated rings. The third-order valence-corrected chi connectivity index (χ3v) is 4.25. The Balaban J connectivity index is 1.63. The molecule has 3 rings (SSSR count). The topological polar surface area (TPSA) is 47.6 Å². The predicted octanol–water partition coefficient (Wildman–Crippen LogP) is 3.38. The molecular weight excluding hydrogens is 278 g/mol. The number of rotatable bonds is 3. The van der Waals surface area contributed by atoms with E-state index in [2.05, 4.69) is 5.32 Å². The summed E-state index contributed by atoms with van der Waals surface area (Å²) in [5.74, 6) is 1.57. The molecule has 2 aliphatic rings. The second-order valence-electron chi connectivity index (χ2n) is 5.41. The summed E-state index contributed by atoms with van der Waals surface area (Å²) in [6.07, 6.45) is 6.29. The highest BCUT2D eigenvalue weighted by Crippen LogP contribution is 2.39. The van der Waals surface area contributed by atoms with Gasteiger partial charge in [-0.1, -0.05) is 30.9 Å². The molecule has 4 nitrogen and oxygen atoms in total. The van der Waals surface area contributed by atoms with Gasteiger partial charge in [-0.25, -0.2) is 0 Å². The number of carbonyl (C=O) groups excluding carboxylic acids is 1. The number of benzene rings is 1. The van der Waals surface area contributed by atoms with Gasteiger partial charge in [-0.3, -0.25) is 4.79 Å². The van der Waals surface area contributed by atoms with Gasteiger partial charge >= 0.3 is 0 Å². The zero-order valence-electron chi connectivity index (χ0n) is 11.3. The highest BCUT2D eigenvalue weighted by Gasteiger charge is 2.21. The van der Waals surface area contributed by atoms with Gasteiger partial charge in [0.2, 0.25) is 6.79 Å². The average Bonchev–Trinajstić information content (AvgIpc) is 2.95. The van der Waals surface area contributed by atoms with Crippen molar-refractivity contribution in [2.24, 2.45) is 5.92 Å². The fourth-order valence-corrected chi connectivity index (χ4v) is 3.09. The van der Waals surface area contributed by atoms with Crippen LogP contribution in [0.3, 0.4) is 0 Å². The molecular formula is C15H18ClNO3. The van der Waals surface area contributed by atoms with Crippen LogP contribution in [-0.2, 0) is 0 Å². The molecule has 0 atom stereocenters. The molecule has 0 unspecified atom stereocenters. The fraction of sp³-hybridized carbons (Fsp3) is 0.533. The SMILES string of the molecule is O=C(NCC1CCCCC1)c1cc(Cl)c2c(c1)OCO2. The highest BCUT2D eigenvalue weighted by atomic mass is 35.5. The molecule has 0 radical (unpaired) electrons. The number of ether oxygens (including phenoxy) is 2. The number of hydrogen-bond donors (Lipinski definition) is 1. The van der Waals surface area contributed by atoms with Crippen LogP contribution in [0.15, 0.2) is 12.1 Å². The molecule has 1 aromatic carbocycles. The maximum atomic E-state index is 12.2. The Bertz CT molecular complexity index is 512. The summed E-state index contributed by atoms with van der Waals surface area (Å²) < 4.78 is 10.5. The zero-order valence-corrected chi connectivity index (χ0v) is 12.0.